The molecule has 0 aliphatic rings. The van der Waals surface area contributed by atoms with E-state index < -0.39 is 0 Å². The third-order valence-corrected chi connectivity index (χ3v) is 4.26. The lowest BCUT2D eigenvalue weighted by Crippen LogP contribution is -2.31. The number of carbonyl (C=O) groups excluding carboxylic acids is 2. The molecule has 2 rings (SSSR count). The van der Waals surface area contributed by atoms with Gasteiger partial charge < -0.3 is 20.1 Å². The molecule has 2 amide bonds. The van der Waals surface area contributed by atoms with Crippen LogP contribution in [0.5, 0.6) is 11.5 Å². The van der Waals surface area contributed by atoms with E-state index in [2.05, 4.69) is 10.6 Å². The highest BCUT2D eigenvalue weighted by molar-refractivity contribution is 5.94. The van der Waals surface area contributed by atoms with Crippen LogP contribution in [0.3, 0.4) is 0 Å². The van der Waals surface area contributed by atoms with Crippen molar-refractivity contribution in [3.8, 4) is 11.5 Å². The molecule has 0 heterocycles. The van der Waals surface area contributed by atoms with Crippen LogP contribution < -0.4 is 20.1 Å². The molecular formula is C23H30N2O4. The standard InChI is InChI=1S/C23H30N2O4/c1-4-28-20-10-9-18(16-21(20)29-5-2)11-13-24-22(26)12-14-25-23(27)19-8-6-7-17(3)15-19/h6-10,15-16H,4-5,11-14H2,1-3H3,(H,24,26)(H,25,27). The SMILES string of the molecule is CCOc1ccc(CCNC(=O)CCNC(=O)c2cccc(C)c2)cc1OCC. The second-order valence-corrected chi connectivity index (χ2v) is 6.62. The van der Waals surface area contributed by atoms with Crippen molar-refractivity contribution >= 4 is 11.8 Å². The van der Waals surface area contributed by atoms with Crippen LogP contribution in [0.4, 0.5) is 0 Å². The van der Waals surface area contributed by atoms with Crippen molar-refractivity contribution in [2.45, 2.75) is 33.6 Å². The fourth-order valence-corrected chi connectivity index (χ4v) is 2.86. The molecule has 0 radical (unpaired) electrons. The Morgan fingerprint density at radius 2 is 1.66 bits per heavy atom. The Bertz CT molecular complexity index is 820. The van der Waals surface area contributed by atoms with E-state index in [4.69, 9.17) is 9.47 Å². The van der Waals surface area contributed by atoms with Gasteiger partial charge in [-0.05, 0) is 57.0 Å². The third-order valence-electron chi connectivity index (χ3n) is 4.26. The van der Waals surface area contributed by atoms with Crippen LogP contribution in [0, 0.1) is 6.92 Å². The fraction of sp³-hybridized carbons (Fsp3) is 0.391. The zero-order valence-corrected chi connectivity index (χ0v) is 17.4. The van der Waals surface area contributed by atoms with Gasteiger partial charge in [-0.15, -0.1) is 0 Å². The summed E-state index contributed by atoms with van der Waals surface area (Å²) in [4.78, 5) is 24.1. The maximum Gasteiger partial charge on any atom is 0.251 e. The molecular weight excluding hydrogens is 368 g/mol. The van der Waals surface area contributed by atoms with Gasteiger partial charge in [0.15, 0.2) is 11.5 Å². The Labute approximate surface area is 172 Å². The van der Waals surface area contributed by atoms with Crippen LogP contribution in [0.15, 0.2) is 42.5 Å². The molecule has 0 atom stereocenters. The predicted octanol–water partition coefficient (Wildman–Crippen LogP) is 3.27. The van der Waals surface area contributed by atoms with Gasteiger partial charge in [-0.1, -0.05) is 23.8 Å². The van der Waals surface area contributed by atoms with Gasteiger partial charge in [-0.25, -0.2) is 0 Å². The lowest BCUT2D eigenvalue weighted by Gasteiger charge is -2.12. The molecule has 29 heavy (non-hydrogen) atoms. The van der Waals surface area contributed by atoms with Gasteiger partial charge in [-0.3, -0.25) is 9.59 Å². The first kappa shape index (κ1) is 22.3. The molecule has 0 unspecified atom stereocenters. The molecule has 0 fully saturated rings. The van der Waals surface area contributed by atoms with E-state index in [1.54, 1.807) is 6.07 Å². The lowest BCUT2D eigenvalue weighted by atomic mass is 10.1. The van der Waals surface area contributed by atoms with Crippen molar-refractivity contribution in [2.24, 2.45) is 0 Å². The summed E-state index contributed by atoms with van der Waals surface area (Å²) in [6.07, 6.45) is 0.929. The van der Waals surface area contributed by atoms with Crippen LogP contribution >= 0.6 is 0 Å². The molecule has 6 nitrogen and oxygen atoms in total. The number of hydrogen-bond acceptors (Lipinski definition) is 4. The second-order valence-electron chi connectivity index (χ2n) is 6.62. The van der Waals surface area contributed by atoms with Gasteiger partial charge in [-0.2, -0.15) is 0 Å². The number of hydrogen-bond donors (Lipinski definition) is 2. The molecule has 2 aromatic carbocycles. The molecule has 2 aromatic rings. The molecule has 2 N–H and O–H groups in total. The summed E-state index contributed by atoms with van der Waals surface area (Å²) in [5.74, 6) is 1.19. The zero-order chi connectivity index (χ0) is 21.1. The van der Waals surface area contributed by atoms with E-state index in [0.29, 0.717) is 38.3 Å². The van der Waals surface area contributed by atoms with E-state index in [0.717, 1.165) is 22.6 Å². The van der Waals surface area contributed by atoms with E-state index in [1.165, 1.54) is 0 Å². The molecule has 0 bridgehead atoms. The molecule has 6 heteroatoms. The highest BCUT2D eigenvalue weighted by Gasteiger charge is 2.08. The Balaban J connectivity index is 1.72. The van der Waals surface area contributed by atoms with Gasteiger partial charge >= 0.3 is 0 Å². The van der Waals surface area contributed by atoms with E-state index in [-0.39, 0.29) is 18.2 Å². The summed E-state index contributed by atoms with van der Waals surface area (Å²) >= 11 is 0. The van der Waals surface area contributed by atoms with Crippen molar-refractivity contribution in [1.82, 2.24) is 10.6 Å². The molecule has 0 aromatic heterocycles. The normalized spacial score (nSPS) is 10.3. The molecule has 0 aliphatic carbocycles. The van der Waals surface area contributed by atoms with Gasteiger partial charge in [0.05, 0.1) is 13.2 Å². The number of rotatable bonds is 11. The van der Waals surface area contributed by atoms with Crippen LogP contribution in [0.1, 0.15) is 41.8 Å². The molecule has 0 saturated heterocycles. The van der Waals surface area contributed by atoms with Gasteiger partial charge in [0.1, 0.15) is 0 Å². The minimum absolute atomic E-state index is 0.0921. The number of benzene rings is 2. The summed E-state index contributed by atoms with van der Waals surface area (Å²) in [5.41, 5.74) is 2.69. The fourth-order valence-electron chi connectivity index (χ4n) is 2.86. The molecule has 156 valence electrons. The number of ether oxygens (including phenoxy) is 2. The second kappa shape index (κ2) is 11.7. The average molecular weight is 399 g/mol. The summed E-state index contributed by atoms with van der Waals surface area (Å²) in [6, 6.07) is 13.2. The largest absolute Gasteiger partial charge is 0.490 e. The molecule has 0 saturated carbocycles. The topological polar surface area (TPSA) is 76.7 Å². The number of nitrogens with one attached hydrogen (secondary N) is 2. The van der Waals surface area contributed by atoms with E-state index in [9.17, 15) is 9.59 Å². The smallest absolute Gasteiger partial charge is 0.251 e. The number of aryl methyl sites for hydroxylation is 1. The van der Waals surface area contributed by atoms with Crippen molar-refractivity contribution in [3.63, 3.8) is 0 Å². The van der Waals surface area contributed by atoms with Crippen molar-refractivity contribution in [3.05, 3.63) is 59.2 Å². The van der Waals surface area contributed by atoms with E-state index in [1.807, 2.05) is 57.2 Å². The monoisotopic (exact) mass is 398 g/mol. The summed E-state index contributed by atoms with van der Waals surface area (Å²) < 4.78 is 11.2. The van der Waals surface area contributed by atoms with Crippen molar-refractivity contribution in [1.29, 1.82) is 0 Å². The minimum atomic E-state index is -0.167. The van der Waals surface area contributed by atoms with Crippen LogP contribution in [0.25, 0.3) is 0 Å². The number of carbonyl (C=O) groups is 2. The maximum atomic E-state index is 12.1. The Hall–Kier alpha value is -3.02. The third kappa shape index (κ3) is 7.49. The van der Waals surface area contributed by atoms with Gasteiger partial charge in [0.25, 0.3) is 5.91 Å². The summed E-state index contributed by atoms with van der Waals surface area (Å²) in [6.45, 7) is 7.76. The Morgan fingerprint density at radius 3 is 2.38 bits per heavy atom. The maximum absolute atomic E-state index is 12.1. The van der Waals surface area contributed by atoms with Gasteiger partial charge in [0, 0.05) is 25.1 Å². The van der Waals surface area contributed by atoms with Gasteiger partial charge in [0.2, 0.25) is 5.91 Å². The average Bonchev–Trinajstić information content (AvgIpc) is 2.70. The summed E-state index contributed by atoms with van der Waals surface area (Å²) in [5, 5.41) is 5.66. The minimum Gasteiger partial charge on any atom is -0.490 e. The summed E-state index contributed by atoms with van der Waals surface area (Å²) in [7, 11) is 0. The first-order valence-electron chi connectivity index (χ1n) is 10.0. The van der Waals surface area contributed by atoms with E-state index >= 15 is 0 Å². The van der Waals surface area contributed by atoms with Crippen LogP contribution in [-0.4, -0.2) is 38.1 Å². The first-order chi connectivity index (χ1) is 14.0. The quantitative estimate of drug-likeness (QED) is 0.609. The lowest BCUT2D eigenvalue weighted by molar-refractivity contribution is -0.120. The van der Waals surface area contributed by atoms with Crippen LogP contribution in [0.2, 0.25) is 0 Å². The van der Waals surface area contributed by atoms with Crippen molar-refractivity contribution in [2.75, 3.05) is 26.3 Å². The first-order valence-corrected chi connectivity index (χ1v) is 10.0. The zero-order valence-electron chi connectivity index (χ0n) is 17.4. The molecule has 0 aliphatic heterocycles. The van der Waals surface area contributed by atoms with Crippen molar-refractivity contribution < 1.29 is 19.1 Å². The Kier molecular flexibility index (Phi) is 9.02. The van der Waals surface area contributed by atoms with Crippen LogP contribution in [-0.2, 0) is 11.2 Å². The highest BCUT2D eigenvalue weighted by Crippen LogP contribution is 2.28. The molecule has 0 spiro atoms. The predicted molar refractivity (Wildman–Crippen MR) is 114 cm³/mol. The Morgan fingerprint density at radius 1 is 0.897 bits per heavy atom. The number of amides is 2. The highest BCUT2D eigenvalue weighted by atomic mass is 16.5.